The molecule has 0 aromatic heterocycles. The van der Waals surface area contributed by atoms with Crippen LogP contribution in [0.5, 0.6) is 0 Å². The van der Waals surface area contributed by atoms with Gasteiger partial charge in [0.25, 0.3) is 0 Å². The van der Waals surface area contributed by atoms with Gasteiger partial charge in [-0.3, -0.25) is 4.79 Å². The van der Waals surface area contributed by atoms with Gasteiger partial charge in [-0.05, 0) is 6.42 Å². The van der Waals surface area contributed by atoms with Gasteiger partial charge >= 0.3 is 0 Å². The van der Waals surface area contributed by atoms with Crippen molar-refractivity contribution < 1.29 is 9.90 Å². The van der Waals surface area contributed by atoms with Gasteiger partial charge in [0.05, 0.1) is 6.61 Å². The average molecular weight is 300 g/mol. The fourth-order valence-corrected chi connectivity index (χ4v) is 2.39. The van der Waals surface area contributed by atoms with E-state index in [0.29, 0.717) is 6.54 Å². The number of nitrogens with two attached hydrogens (primary N) is 1. The quantitative estimate of drug-likeness (QED) is 0.407. The highest BCUT2D eigenvalue weighted by atomic mass is 16.3. The van der Waals surface area contributed by atoms with Gasteiger partial charge < -0.3 is 16.2 Å². The molecule has 0 radical (unpaired) electrons. The van der Waals surface area contributed by atoms with Crippen molar-refractivity contribution in [3.8, 4) is 0 Å². The average Bonchev–Trinajstić information content (AvgIpc) is 2.50. The third-order valence-corrected chi connectivity index (χ3v) is 3.86. The molecule has 0 bridgehead atoms. The summed E-state index contributed by atoms with van der Waals surface area (Å²) in [4.78, 5) is 11.3. The van der Waals surface area contributed by atoms with Crippen LogP contribution in [0.3, 0.4) is 0 Å². The summed E-state index contributed by atoms with van der Waals surface area (Å²) in [6.45, 7) is 2.64. The topological polar surface area (TPSA) is 75.4 Å². The molecule has 0 saturated carbocycles. The van der Waals surface area contributed by atoms with Crippen molar-refractivity contribution in [2.75, 3.05) is 13.2 Å². The third-order valence-electron chi connectivity index (χ3n) is 3.86. The maximum absolute atomic E-state index is 11.3. The Kier molecular flexibility index (Phi) is 15.3. The Labute approximate surface area is 130 Å². The molecule has 0 aliphatic heterocycles. The normalized spacial score (nSPS) is 12.3. The second-order valence-electron chi connectivity index (χ2n) is 5.97. The molecule has 21 heavy (non-hydrogen) atoms. The minimum Gasteiger partial charge on any atom is -0.394 e. The van der Waals surface area contributed by atoms with Crippen molar-refractivity contribution in [2.24, 2.45) is 5.73 Å². The summed E-state index contributed by atoms with van der Waals surface area (Å²) >= 11 is 0. The first-order chi connectivity index (χ1) is 10.2. The number of nitrogens with one attached hydrogen (secondary N) is 1. The van der Waals surface area contributed by atoms with E-state index in [1.54, 1.807) is 0 Å². The standard InChI is InChI=1S/C17H36N2O2/c1-2-3-4-5-6-7-8-9-10-11-12-13-14-19-17(21)16(18)15-20/h16,20H,2-15,18H2,1H3,(H,19,21)/t16-/m0/s1. The van der Waals surface area contributed by atoms with E-state index in [0.717, 1.165) is 12.8 Å². The van der Waals surface area contributed by atoms with Gasteiger partial charge in [0.15, 0.2) is 0 Å². The number of aliphatic hydroxyl groups excluding tert-OH is 1. The van der Waals surface area contributed by atoms with Crippen LogP contribution in [-0.2, 0) is 4.79 Å². The molecular formula is C17H36N2O2. The van der Waals surface area contributed by atoms with Gasteiger partial charge in [-0.15, -0.1) is 0 Å². The number of aliphatic hydroxyl groups is 1. The van der Waals surface area contributed by atoms with Crippen LogP contribution in [0.2, 0.25) is 0 Å². The second kappa shape index (κ2) is 15.8. The molecular weight excluding hydrogens is 264 g/mol. The van der Waals surface area contributed by atoms with E-state index in [4.69, 9.17) is 10.8 Å². The van der Waals surface area contributed by atoms with Crippen LogP contribution in [-0.4, -0.2) is 30.2 Å². The van der Waals surface area contributed by atoms with E-state index >= 15 is 0 Å². The summed E-state index contributed by atoms with van der Waals surface area (Å²) in [5, 5.41) is 11.5. The summed E-state index contributed by atoms with van der Waals surface area (Å²) in [5.41, 5.74) is 5.40. The van der Waals surface area contributed by atoms with Crippen LogP contribution in [0.1, 0.15) is 84.0 Å². The Morgan fingerprint density at radius 1 is 0.905 bits per heavy atom. The summed E-state index contributed by atoms with van der Waals surface area (Å²) < 4.78 is 0. The van der Waals surface area contributed by atoms with Gasteiger partial charge in [0.2, 0.25) is 5.91 Å². The molecule has 0 aliphatic rings. The Morgan fingerprint density at radius 2 is 1.33 bits per heavy atom. The molecule has 0 saturated heterocycles. The lowest BCUT2D eigenvalue weighted by Gasteiger charge is -2.09. The van der Waals surface area contributed by atoms with E-state index in [9.17, 15) is 4.79 Å². The van der Waals surface area contributed by atoms with E-state index in [-0.39, 0.29) is 12.5 Å². The number of carbonyl (C=O) groups excluding carboxylic acids is 1. The number of amides is 1. The Morgan fingerprint density at radius 3 is 1.76 bits per heavy atom. The predicted molar refractivity (Wildman–Crippen MR) is 89.1 cm³/mol. The zero-order chi connectivity index (χ0) is 15.8. The highest BCUT2D eigenvalue weighted by molar-refractivity contribution is 5.81. The first-order valence-corrected chi connectivity index (χ1v) is 8.86. The SMILES string of the molecule is CCCCCCCCCCCCCCNC(=O)[C@@H](N)CO. The molecule has 4 heteroatoms. The highest BCUT2D eigenvalue weighted by Crippen LogP contribution is 2.11. The smallest absolute Gasteiger partial charge is 0.239 e. The highest BCUT2D eigenvalue weighted by Gasteiger charge is 2.09. The van der Waals surface area contributed by atoms with Crippen LogP contribution < -0.4 is 11.1 Å². The molecule has 0 unspecified atom stereocenters. The van der Waals surface area contributed by atoms with E-state index in [2.05, 4.69) is 12.2 Å². The van der Waals surface area contributed by atoms with E-state index < -0.39 is 6.04 Å². The van der Waals surface area contributed by atoms with Gasteiger partial charge in [-0.1, -0.05) is 77.6 Å². The largest absolute Gasteiger partial charge is 0.394 e. The van der Waals surface area contributed by atoms with Crippen LogP contribution in [0, 0.1) is 0 Å². The molecule has 126 valence electrons. The number of rotatable bonds is 15. The van der Waals surface area contributed by atoms with Gasteiger partial charge in [0.1, 0.15) is 6.04 Å². The number of unbranched alkanes of at least 4 members (excludes halogenated alkanes) is 11. The van der Waals surface area contributed by atoms with Gasteiger partial charge in [0, 0.05) is 6.54 Å². The van der Waals surface area contributed by atoms with Crippen LogP contribution in [0.25, 0.3) is 0 Å². The molecule has 0 rings (SSSR count). The minimum atomic E-state index is -0.776. The molecule has 0 aromatic carbocycles. The number of hydrogen-bond acceptors (Lipinski definition) is 3. The van der Waals surface area contributed by atoms with Crippen molar-refractivity contribution >= 4 is 5.91 Å². The summed E-state index contributed by atoms with van der Waals surface area (Å²) in [5.74, 6) is -0.249. The van der Waals surface area contributed by atoms with Crippen molar-refractivity contribution in [3.05, 3.63) is 0 Å². The molecule has 0 aliphatic carbocycles. The van der Waals surface area contributed by atoms with Gasteiger partial charge in [-0.25, -0.2) is 0 Å². The lowest BCUT2D eigenvalue weighted by molar-refractivity contribution is -0.123. The first kappa shape index (κ1) is 20.4. The Bertz CT molecular complexity index is 235. The van der Waals surface area contributed by atoms with E-state index in [1.165, 1.54) is 64.2 Å². The first-order valence-electron chi connectivity index (χ1n) is 8.86. The summed E-state index contributed by atoms with van der Waals surface area (Å²) in [6, 6.07) is -0.776. The fourth-order valence-electron chi connectivity index (χ4n) is 2.39. The zero-order valence-corrected chi connectivity index (χ0v) is 13.9. The molecule has 0 spiro atoms. The van der Waals surface area contributed by atoms with Crippen molar-refractivity contribution in [1.82, 2.24) is 5.32 Å². The van der Waals surface area contributed by atoms with E-state index in [1.807, 2.05) is 0 Å². The van der Waals surface area contributed by atoms with Crippen molar-refractivity contribution in [2.45, 2.75) is 90.0 Å². The molecule has 4 nitrogen and oxygen atoms in total. The third kappa shape index (κ3) is 14.1. The van der Waals surface area contributed by atoms with Gasteiger partial charge in [-0.2, -0.15) is 0 Å². The summed E-state index contributed by atoms with van der Waals surface area (Å²) in [6.07, 6.45) is 15.7. The van der Waals surface area contributed by atoms with Crippen LogP contribution >= 0.6 is 0 Å². The molecule has 4 N–H and O–H groups in total. The van der Waals surface area contributed by atoms with Crippen molar-refractivity contribution in [3.63, 3.8) is 0 Å². The maximum atomic E-state index is 11.3. The van der Waals surface area contributed by atoms with Crippen LogP contribution in [0.15, 0.2) is 0 Å². The zero-order valence-electron chi connectivity index (χ0n) is 13.9. The Hall–Kier alpha value is -0.610. The molecule has 1 amide bonds. The lowest BCUT2D eigenvalue weighted by Crippen LogP contribution is -2.43. The summed E-state index contributed by atoms with van der Waals surface area (Å²) in [7, 11) is 0. The number of hydrogen-bond donors (Lipinski definition) is 3. The molecule has 1 atom stereocenters. The Balaban J connectivity index is 3.11. The van der Waals surface area contributed by atoms with Crippen molar-refractivity contribution in [1.29, 1.82) is 0 Å². The molecule has 0 aromatic rings. The maximum Gasteiger partial charge on any atom is 0.239 e. The number of carbonyl (C=O) groups is 1. The second-order valence-corrected chi connectivity index (χ2v) is 5.97. The monoisotopic (exact) mass is 300 g/mol. The van der Waals surface area contributed by atoms with Crippen LogP contribution in [0.4, 0.5) is 0 Å². The fraction of sp³-hybridized carbons (Fsp3) is 0.941. The molecule has 0 fully saturated rings. The minimum absolute atomic E-state index is 0.249. The molecule has 0 heterocycles. The lowest BCUT2D eigenvalue weighted by atomic mass is 10.1. The predicted octanol–water partition coefficient (Wildman–Crippen LogP) is 3.12.